The fraction of sp³-hybridized carbons (Fsp3) is 0.571. The molecule has 0 fully saturated rings. The molecular weight excluding hydrogens is 214 g/mol. The summed E-state index contributed by atoms with van der Waals surface area (Å²) >= 11 is 0. The predicted molar refractivity (Wildman–Crippen MR) is 70.6 cm³/mol. The van der Waals surface area contributed by atoms with Crippen molar-refractivity contribution in [1.82, 2.24) is 0 Å². The van der Waals surface area contributed by atoms with Crippen LogP contribution in [0.1, 0.15) is 45.2 Å². The Labute approximate surface area is 104 Å². The summed E-state index contributed by atoms with van der Waals surface area (Å²) in [4.78, 5) is 0. The zero-order valence-electron chi connectivity index (χ0n) is 11.2. The molecule has 1 rings (SSSR count). The molecule has 17 heavy (non-hydrogen) atoms. The van der Waals surface area contributed by atoms with Crippen molar-refractivity contribution < 1.29 is 9.47 Å². The third-order valence-electron chi connectivity index (χ3n) is 2.58. The lowest BCUT2D eigenvalue weighted by atomic mass is 10.0. The number of rotatable bonds is 6. The van der Waals surface area contributed by atoms with Crippen molar-refractivity contribution in [3.8, 4) is 11.5 Å². The molecule has 0 radical (unpaired) electrons. The maximum atomic E-state index is 6.08. The quantitative estimate of drug-likeness (QED) is 0.825. The van der Waals surface area contributed by atoms with Crippen LogP contribution in [0.4, 0.5) is 0 Å². The Bertz CT molecular complexity index is 350. The Morgan fingerprint density at radius 2 is 1.94 bits per heavy atom. The molecule has 0 aliphatic carbocycles. The lowest BCUT2D eigenvalue weighted by Gasteiger charge is -2.16. The monoisotopic (exact) mass is 237 g/mol. The second-order valence-corrected chi connectivity index (χ2v) is 4.47. The summed E-state index contributed by atoms with van der Waals surface area (Å²) in [6.45, 7) is 6.12. The van der Waals surface area contributed by atoms with E-state index in [2.05, 4.69) is 6.92 Å². The van der Waals surface area contributed by atoms with Gasteiger partial charge in [-0.1, -0.05) is 19.4 Å². The molecule has 0 aliphatic rings. The number of ether oxygens (including phenoxy) is 2. The van der Waals surface area contributed by atoms with Gasteiger partial charge in [-0.3, -0.25) is 0 Å². The van der Waals surface area contributed by atoms with E-state index in [4.69, 9.17) is 15.2 Å². The second-order valence-electron chi connectivity index (χ2n) is 4.47. The molecule has 1 atom stereocenters. The van der Waals surface area contributed by atoms with Crippen molar-refractivity contribution in [3.05, 3.63) is 23.8 Å². The van der Waals surface area contributed by atoms with Gasteiger partial charge in [-0.15, -0.1) is 0 Å². The minimum atomic E-state index is 0.0713. The molecule has 0 saturated heterocycles. The van der Waals surface area contributed by atoms with E-state index in [1.165, 1.54) is 0 Å². The van der Waals surface area contributed by atoms with Crippen LogP contribution in [0.25, 0.3) is 0 Å². The van der Waals surface area contributed by atoms with Gasteiger partial charge in [0.15, 0.2) is 11.5 Å². The number of hydrogen-bond donors (Lipinski definition) is 1. The first-order valence-electron chi connectivity index (χ1n) is 6.18. The summed E-state index contributed by atoms with van der Waals surface area (Å²) in [5.74, 6) is 1.53. The van der Waals surface area contributed by atoms with E-state index >= 15 is 0 Å². The maximum absolute atomic E-state index is 6.08. The molecule has 3 nitrogen and oxygen atoms in total. The van der Waals surface area contributed by atoms with Crippen LogP contribution < -0.4 is 15.2 Å². The van der Waals surface area contributed by atoms with E-state index in [0.29, 0.717) is 0 Å². The summed E-state index contributed by atoms with van der Waals surface area (Å²) < 4.78 is 11.0. The largest absolute Gasteiger partial charge is 0.493 e. The molecule has 1 aromatic rings. The van der Waals surface area contributed by atoms with Crippen LogP contribution in [-0.2, 0) is 0 Å². The van der Waals surface area contributed by atoms with Gasteiger partial charge in [-0.05, 0) is 38.0 Å². The van der Waals surface area contributed by atoms with Crippen LogP contribution in [0.5, 0.6) is 11.5 Å². The topological polar surface area (TPSA) is 44.5 Å². The molecule has 0 bridgehead atoms. The minimum absolute atomic E-state index is 0.0713. The SMILES string of the molecule is CCCC(N)c1ccc(OC(C)C)c(OC)c1. The highest BCUT2D eigenvalue weighted by atomic mass is 16.5. The number of hydrogen-bond acceptors (Lipinski definition) is 3. The average Bonchev–Trinajstić information content (AvgIpc) is 2.29. The summed E-state index contributed by atoms with van der Waals surface area (Å²) in [6, 6.07) is 5.99. The highest BCUT2D eigenvalue weighted by molar-refractivity contribution is 5.43. The molecule has 1 unspecified atom stereocenters. The van der Waals surface area contributed by atoms with Gasteiger partial charge >= 0.3 is 0 Å². The van der Waals surface area contributed by atoms with Gasteiger partial charge in [-0.25, -0.2) is 0 Å². The lowest BCUT2D eigenvalue weighted by molar-refractivity contribution is 0.230. The van der Waals surface area contributed by atoms with E-state index in [9.17, 15) is 0 Å². The van der Waals surface area contributed by atoms with E-state index in [1.54, 1.807) is 7.11 Å². The van der Waals surface area contributed by atoms with Crippen molar-refractivity contribution >= 4 is 0 Å². The first-order chi connectivity index (χ1) is 8.08. The number of methoxy groups -OCH3 is 1. The van der Waals surface area contributed by atoms with Gasteiger partial charge in [0.1, 0.15) is 0 Å². The molecule has 0 saturated carbocycles. The number of benzene rings is 1. The lowest BCUT2D eigenvalue weighted by Crippen LogP contribution is -2.11. The van der Waals surface area contributed by atoms with Crippen molar-refractivity contribution in [2.75, 3.05) is 7.11 Å². The maximum Gasteiger partial charge on any atom is 0.161 e. The first-order valence-corrected chi connectivity index (χ1v) is 6.18. The van der Waals surface area contributed by atoms with Crippen molar-refractivity contribution in [2.24, 2.45) is 5.73 Å². The smallest absolute Gasteiger partial charge is 0.161 e. The molecule has 0 spiro atoms. The van der Waals surface area contributed by atoms with E-state index in [0.717, 1.165) is 29.9 Å². The van der Waals surface area contributed by atoms with Gasteiger partial charge in [-0.2, -0.15) is 0 Å². The molecule has 0 aliphatic heterocycles. The normalized spacial score (nSPS) is 12.6. The zero-order chi connectivity index (χ0) is 12.8. The molecule has 3 heteroatoms. The second kappa shape index (κ2) is 6.50. The third kappa shape index (κ3) is 3.93. The van der Waals surface area contributed by atoms with Gasteiger partial charge in [0.25, 0.3) is 0 Å². The average molecular weight is 237 g/mol. The first kappa shape index (κ1) is 13.8. The fourth-order valence-electron chi connectivity index (χ4n) is 1.74. The summed E-state index contributed by atoms with van der Waals surface area (Å²) in [7, 11) is 1.65. The molecule has 96 valence electrons. The predicted octanol–water partition coefficient (Wildman–Crippen LogP) is 3.28. The summed E-state index contributed by atoms with van der Waals surface area (Å²) in [6.07, 6.45) is 2.19. The van der Waals surface area contributed by atoms with Crippen LogP contribution in [0.3, 0.4) is 0 Å². The Morgan fingerprint density at radius 1 is 1.24 bits per heavy atom. The van der Waals surface area contributed by atoms with Crippen LogP contribution >= 0.6 is 0 Å². The Kier molecular flexibility index (Phi) is 5.29. The van der Waals surface area contributed by atoms with Crippen LogP contribution in [0, 0.1) is 0 Å². The molecule has 0 aromatic heterocycles. The van der Waals surface area contributed by atoms with Gasteiger partial charge < -0.3 is 15.2 Å². The Morgan fingerprint density at radius 3 is 2.47 bits per heavy atom. The van der Waals surface area contributed by atoms with Gasteiger partial charge in [0, 0.05) is 6.04 Å². The van der Waals surface area contributed by atoms with Crippen molar-refractivity contribution in [1.29, 1.82) is 0 Å². The highest BCUT2D eigenvalue weighted by Gasteiger charge is 2.11. The van der Waals surface area contributed by atoms with Crippen molar-refractivity contribution in [2.45, 2.75) is 45.8 Å². The molecule has 1 aromatic carbocycles. The zero-order valence-corrected chi connectivity index (χ0v) is 11.2. The summed E-state index contributed by atoms with van der Waals surface area (Å²) in [5.41, 5.74) is 7.18. The van der Waals surface area contributed by atoms with Gasteiger partial charge in [0.2, 0.25) is 0 Å². The van der Waals surface area contributed by atoms with E-state index < -0.39 is 0 Å². The molecule has 2 N–H and O–H groups in total. The Hall–Kier alpha value is -1.22. The van der Waals surface area contributed by atoms with Gasteiger partial charge in [0.05, 0.1) is 13.2 Å². The third-order valence-corrected chi connectivity index (χ3v) is 2.58. The highest BCUT2D eigenvalue weighted by Crippen LogP contribution is 2.31. The van der Waals surface area contributed by atoms with Crippen LogP contribution in [0.15, 0.2) is 18.2 Å². The fourth-order valence-corrected chi connectivity index (χ4v) is 1.74. The molecule has 0 amide bonds. The van der Waals surface area contributed by atoms with Crippen LogP contribution in [0.2, 0.25) is 0 Å². The standard InChI is InChI=1S/C14H23NO2/c1-5-6-12(15)11-7-8-13(17-10(2)3)14(9-11)16-4/h7-10,12H,5-6,15H2,1-4H3. The van der Waals surface area contributed by atoms with E-state index in [1.807, 2.05) is 32.0 Å². The Balaban J connectivity index is 2.91. The molecular formula is C14H23NO2. The van der Waals surface area contributed by atoms with Crippen LogP contribution in [-0.4, -0.2) is 13.2 Å². The summed E-state index contributed by atoms with van der Waals surface area (Å²) in [5, 5.41) is 0. The minimum Gasteiger partial charge on any atom is -0.493 e. The van der Waals surface area contributed by atoms with E-state index in [-0.39, 0.29) is 12.1 Å². The number of nitrogens with two attached hydrogens (primary N) is 1. The molecule has 0 heterocycles. The van der Waals surface area contributed by atoms with Crippen molar-refractivity contribution in [3.63, 3.8) is 0 Å².